The van der Waals surface area contributed by atoms with E-state index >= 15 is 0 Å². The predicted molar refractivity (Wildman–Crippen MR) is 84.5 cm³/mol. The van der Waals surface area contributed by atoms with Crippen LogP contribution in [-0.2, 0) is 4.74 Å². The molecule has 3 heteroatoms. The first-order valence-electron chi connectivity index (χ1n) is 7.75. The standard InChI is InChI=1S/C18H28O3/c1-12(2)20-14-9-7-13(8-10-14)16(19)15-11-17(3,4)21-18(15,5)6/h7-10,12,15-16,19H,11H2,1-6H3. The van der Waals surface area contributed by atoms with Crippen LogP contribution in [0.15, 0.2) is 24.3 Å². The van der Waals surface area contributed by atoms with Gasteiger partial charge in [-0.1, -0.05) is 12.1 Å². The van der Waals surface area contributed by atoms with Crippen LogP contribution in [-0.4, -0.2) is 22.4 Å². The lowest BCUT2D eigenvalue weighted by atomic mass is 9.80. The van der Waals surface area contributed by atoms with Crippen LogP contribution < -0.4 is 4.74 Å². The number of hydrogen-bond acceptors (Lipinski definition) is 3. The second-order valence-electron chi connectivity index (χ2n) is 7.46. The van der Waals surface area contributed by atoms with Gasteiger partial charge < -0.3 is 14.6 Å². The summed E-state index contributed by atoms with van der Waals surface area (Å²) in [6.07, 6.45) is 0.490. The van der Waals surface area contributed by atoms with Crippen molar-refractivity contribution < 1.29 is 14.6 Å². The minimum atomic E-state index is -0.519. The molecule has 0 radical (unpaired) electrons. The first-order chi connectivity index (χ1) is 9.61. The quantitative estimate of drug-likeness (QED) is 0.908. The van der Waals surface area contributed by atoms with E-state index in [4.69, 9.17) is 9.47 Å². The van der Waals surface area contributed by atoms with Gasteiger partial charge in [0, 0.05) is 5.92 Å². The third kappa shape index (κ3) is 3.78. The molecule has 21 heavy (non-hydrogen) atoms. The van der Waals surface area contributed by atoms with Gasteiger partial charge in [-0.25, -0.2) is 0 Å². The van der Waals surface area contributed by atoms with Crippen LogP contribution in [0.25, 0.3) is 0 Å². The van der Waals surface area contributed by atoms with Gasteiger partial charge in [0.15, 0.2) is 0 Å². The van der Waals surface area contributed by atoms with Crippen LogP contribution in [0.5, 0.6) is 5.75 Å². The molecular formula is C18H28O3. The van der Waals surface area contributed by atoms with Crippen molar-refractivity contribution in [3.05, 3.63) is 29.8 Å². The maximum atomic E-state index is 10.7. The molecule has 0 aliphatic carbocycles. The molecule has 1 fully saturated rings. The van der Waals surface area contributed by atoms with E-state index in [0.29, 0.717) is 0 Å². The molecule has 0 bridgehead atoms. The molecule has 1 N–H and O–H groups in total. The zero-order valence-electron chi connectivity index (χ0n) is 14.0. The number of aliphatic hydroxyl groups excluding tert-OH is 1. The number of hydrogen-bond donors (Lipinski definition) is 1. The van der Waals surface area contributed by atoms with E-state index in [0.717, 1.165) is 17.7 Å². The summed E-state index contributed by atoms with van der Waals surface area (Å²) in [4.78, 5) is 0. The number of rotatable bonds is 4. The highest BCUT2D eigenvalue weighted by Crippen LogP contribution is 2.47. The zero-order chi connectivity index (χ0) is 15.8. The van der Waals surface area contributed by atoms with Gasteiger partial charge in [0.25, 0.3) is 0 Å². The fraction of sp³-hybridized carbons (Fsp3) is 0.667. The normalized spacial score (nSPS) is 25.0. The molecule has 1 saturated heterocycles. The fourth-order valence-corrected chi connectivity index (χ4v) is 3.34. The first kappa shape index (κ1) is 16.3. The van der Waals surface area contributed by atoms with Crippen molar-refractivity contribution in [3.8, 4) is 5.75 Å². The van der Waals surface area contributed by atoms with Crippen molar-refractivity contribution in [3.63, 3.8) is 0 Å². The Labute approximate surface area is 128 Å². The third-order valence-corrected chi connectivity index (χ3v) is 4.12. The Hall–Kier alpha value is -1.06. The second kappa shape index (κ2) is 5.62. The van der Waals surface area contributed by atoms with E-state index in [1.54, 1.807) is 0 Å². The Bertz CT molecular complexity index is 474. The van der Waals surface area contributed by atoms with Gasteiger partial charge in [-0.05, 0) is 65.7 Å². The summed E-state index contributed by atoms with van der Waals surface area (Å²) in [5, 5.41) is 10.7. The zero-order valence-corrected chi connectivity index (χ0v) is 14.0. The van der Waals surface area contributed by atoms with Crippen molar-refractivity contribution in [1.29, 1.82) is 0 Å². The number of benzene rings is 1. The SMILES string of the molecule is CC(C)Oc1ccc(C(O)C2CC(C)(C)OC2(C)C)cc1. The Kier molecular flexibility index (Phi) is 4.36. The second-order valence-corrected chi connectivity index (χ2v) is 7.46. The van der Waals surface area contributed by atoms with Crippen molar-refractivity contribution >= 4 is 0 Å². The molecule has 1 heterocycles. The number of ether oxygens (including phenoxy) is 2. The average molecular weight is 292 g/mol. The van der Waals surface area contributed by atoms with Crippen LogP contribution in [0.2, 0.25) is 0 Å². The highest BCUT2D eigenvalue weighted by molar-refractivity contribution is 5.29. The fourth-order valence-electron chi connectivity index (χ4n) is 3.34. The molecule has 2 atom stereocenters. The van der Waals surface area contributed by atoms with Gasteiger partial charge in [-0.3, -0.25) is 0 Å². The molecule has 118 valence electrons. The van der Waals surface area contributed by atoms with Crippen molar-refractivity contribution in [1.82, 2.24) is 0 Å². The summed E-state index contributed by atoms with van der Waals surface area (Å²) in [5.74, 6) is 0.924. The maximum Gasteiger partial charge on any atom is 0.119 e. The van der Waals surface area contributed by atoms with Gasteiger partial charge in [0.2, 0.25) is 0 Å². The van der Waals surface area contributed by atoms with E-state index in [2.05, 4.69) is 27.7 Å². The van der Waals surface area contributed by atoms with Crippen molar-refractivity contribution in [2.75, 3.05) is 0 Å². The Morgan fingerprint density at radius 3 is 2.14 bits per heavy atom. The molecule has 0 aromatic heterocycles. The molecule has 1 aromatic rings. The molecule has 2 unspecified atom stereocenters. The van der Waals surface area contributed by atoms with Crippen LogP contribution >= 0.6 is 0 Å². The average Bonchev–Trinajstić information content (AvgIpc) is 2.56. The van der Waals surface area contributed by atoms with Crippen LogP contribution in [0.4, 0.5) is 0 Å². The summed E-state index contributed by atoms with van der Waals surface area (Å²) in [6, 6.07) is 7.74. The number of aliphatic hydroxyl groups is 1. The Morgan fingerprint density at radius 1 is 1.14 bits per heavy atom. The first-order valence-corrected chi connectivity index (χ1v) is 7.75. The Balaban J connectivity index is 2.14. The highest BCUT2D eigenvalue weighted by Gasteiger charge is 2.49. The van der Waals surface area contributed by atoms with E-state index < -0.39 is 6.10 Å². The summed E-state index contributed by atoms with van der Waals surface area (Å²) < 4.78 is 11.7. The summed E-state index contributed by atoms with van der Waals surface area (Å²) >= 11 is 0. The molecule has 0 saturated carbocycles. The van der Waals surface area contributed by atoms with E-state index in [-0.39, 0.29) is 23.2 Å². The van der Waals surface area contributed by atoms with E-state index in [1.165, 1.54) is 0 Å². The Morgan fingerprint density at radius 2 is 1.71 bits per heavy atom. The minimum absolute atomic E-state index is 0.0874. The van der Waals surface area contributed by atoms with Crippen molar-refractivity contribution in [2.24, 2.45) is 5.92 Å². The van der Waals surface area contributed by atoms with Gasteiger partial charge >= 0.3 is 0 Å². The molecule has 1 aromatic carbocycles. The summed E-state index contributed by atoms with van der Waals surface area (Å²) in [5.41, 5.74) is 0.414. The lowest BCUT2D eigenvalue weighted by molar-refractivity contribution is -0.0880. The van der Waals surface area contributed by atoms with E-state index in [1.807, 2.05) is 38.1 Å². The van der Waals surface area contributed by atoms with Crippen LogP contribution in [0.1, 0.15) is 59.6 Å². The summed E-state index contributed by atoms with van der Waals surface area (Å²) in [7, 11) is 0. The molecule has 3 nitrogen and oxygen atoms in total. The van der Waals surface area contributed by atoms with Crippen LogP contribution in [0, 0.1) is 5.92 Å². The maximum absolute atomic E-state index is 10.7. The molecular weight excluding hydrogens is 264 g/mol. The molecule has 0 spiro atoms. The van der Waals surface area contributed by atoms with Crippen molar-refractivity contribution in [2.45, 2.75) is 71.4 Å². The van der Waals surface area contributed by atoms with Gasteiger partial charge in [0.05, 0.1) is 23.4 Å². The topological polar surface area (TPSA) is 38.7 Å². The minimum Gasteiger partial charge on any atom is -0.491 e. The van der Waals surface area contributed by atoms with Gasteiger partial charge in [0.1, 0.15) is 5.75 Å². The van der Waals surface area contributed by atoms with Gasteiger partial charge in [-0.15, -0.1) is 0 Å². The largest absolute Gasteiger partial charge is 0.491 e. The summed E-state index contributed by atoms with van der Waals surface area (Å²) in [6.45, 7) is 12.3. The van der Waals surface area contributed by atoms with E-state index in [9.17, 15) is 5.11 Å². The third-order valence-electron chi connectivity index (χ3n) is 4.12. The molecule has 2 rings (SSSR count). The molecule has 0 amide bonds. The predicted octanol–water partition coefficient (Wildman–Crippen LogP) is 4.10. The smallest absolute Gasteiger partial charge is 0.119 e. The lowest BCUT2D eigenvalue weighted by Gasteiger charge is -2.30. The molecule has 1 aliphatic rings. The van der Waals surface area contributed by atoms with Crippen LogP contribution in [0.3, 0.4) is 0 Å². The molecule has 1 aliphatic heterocycles. The van der Waals surface area contributed by atoms with Gasteiger partial charge in [-0.2, -0.15) is 0 Å². The highest BCUT2D eigenvalue weighted by atomic mass is 16.5. The monoisotopic (exact) mass is 292 g/mol. The lowest BCUT2D eigenvalue weighted by Crippen LogP contribution is -2.32.